The van der Waals surface area contributed by atoms with E-state index in [9.17, 15) is 0 Å². The zero-order valence-electron chi connectivity index (χ0n) is 7.77. The van der Waals surface area contributed by atoms with Crippen molar-refractivity contribution in [1.29, 1.82) is 0 Å². The minimum Gasteiger partial charge on any atom is -0.306 e. The van der Waals surface area contributed by atoms with Crippen LogP contribution < -0.4 is 5.32 Å². The maximum Gasteiger partial charge on any atom is 0.0724 e. The van der Waals surface area contributed by atoms with Gasteiger partial charge in [-0.1, -0.05) is 0 Å². The second kappa shape index (κ2) is 3.81. The van der Waals surface area contributed by atoms with Gasteiger partial charge < -0.3 is 10.2 Å². The summed E-state index contributed by atoms with van der Waals surface area (Å²) in [6.07, 6.45) is 5.22. The van der Waals surface area contributed by atoms with Gasteiger partial charge in [-0.25, -0.2) is 0 Å². The Morgan fingerprint density at radius 2 is 2.38 bits per heavy atom. The number of likely N-dealkylation sites (tertiary alicyclic amines) is 1. The van der Waals surface area contributed by atoms with Gasteiger partial charge in [-0.05, 0) is 7.05 Å². The molecule has 0 aromatic carbocycles. The minimum absolute atomic E-state index is 0.631. The lowest BCUT2D eigenvalue weighted by molar-refractivity contribution is 0.160. The van der Waals surface area contributed by atoms with E-state index in [0.29, 0.717) is 6.04 Å². The molecule has 0 unspecified atom stereocenters. The highest BCUT2D eigenvalue weighted by atomic mass is 15.2. The number of hydrogen-bond donors (Lipinski definition) is 1. The molecule has 0 aliphatic carbocycles. The summed E-state index contributed by atoms with van der Waals surface area (Å²) in [4.78, 5) is 10.5. The van der Waals surface area contributed by atoms with Crippen LogP contribution in [0.15, 0.2) is 18.6 Å². The Morgan fingerprint density at radius 1 is 1.54 bits per heavy atom. The first-order valence-corrected chi connectivity index (χ1v) is 4.51. The molecule has 0 amide bonds. The number of hydrogen-bond acceptors (Lipinski definition) is 4. The molecule has 1 aliphatic heterocycles. The van der Waals surface area contributed by atoms with Gasteiger partial charge in [-0.3, -0.25) is 9.97 Å². The average Bonchev–Trinajstić information content (AvgIpc) is 2.12. The lowest BCUT2D eigenvalue weighted by Gasteiger charge is -2.36. The van der Waals surface area contributed by atoms with Crippen molar-refractivity contribution in [1.82, 2.24) is 20.2 Å². The quantitative estimate of drug-likeness (QED) is 0.700. The Morgan fingerprint density at radius 3 is 3.00 bits per heavy atom. The fraction of sp³-hybridized carbons (Fsp3) is 0.556. The highest BCUT2D eigenvalue weighted by Gasteiger charge is 2.21. The molecule has 1 aliphatic rings. The van der Waals surface area contributed by atoms with E-state index >= 15 is 0 Å². The Hall–Kier alpha value is -1.00. The van der Waals surface area contributed by atoms with Gasteiger partial charge in [0.2, 0.25) is 0 Å². The molecule has 70 valence electrons. The minimum atomic E-state index is 0.631. The van der Waals surface area contributed by atoms with Gasteiger partial charge in [0, 0.05) is 44.3 Å². The van der Waals surface area contributed by atoms with Crippen molar-refractivity contribution in [2.75, 3.05) is 20.1 Å². The standard InChI is InChI=1S/C9H14N4/c1-13-6-9(7-13)12-5-8-4-10-2-3-11-8/h2-4,9,12H,5-7H2,1H3. The van der Waals surface area contributed by atoms with Gasteiger partial charge in [0.1, 0.15) is 0 Å². The molecule has 0 atom stereocenters. The van der Waals surface area contributed by atoms with E-state index in [4.69, 9.17) is 0 Å². The van der Waals surface area contributed by atoms with Gasteiger partial charge in [-0.15, -0.1) is 0 Å². The van der Waals surface area contributed by atoms with Gasteiger partial charge in [0.15, 0.2) is 0 Å². The van der Waals surface area contributed by atoms with E-state index in [-0.39, 0.29) is 0 Å². The highest BCUT2D eigenvalue weighted by Crippen LogP contribution is 2.03. The van der Waals surface area contributed by atoms with E-state index in [1.54, 1.807) is 18.6 Å². The lowest BCUT2D eigenvalue weighted by Crippen LogP contribution is -2.55. The zero-order chi connectivity index (χ0) is 9.10. The van der Waals surface area contributed by atoms with Crippen LogP contribution in [-0.2, 0) is 6.54 Å². The SMILES string of the molecule is CN1CC(NCc2cnccn2)C1. The van der Waals surface area contributed by atoms with Crippen molar-refractivity contribution in [3.05, 3.63) is 24.3 Å². The summed E-state index contributed by atoms with van der Waals surface area (Å²) < 4.78 is 0. The molecule has 13 heavy (non-hydrogen) atoms. The summed E-state index contributed by atoms with van der Waals surface area (Å²) in [5.41, 5.74) is 1.01. The van der Waals surface area contributed by atoms with Gasteiger partial charge in [0.25, 0.3) is 0 Å². The number of nitrogens with zero attached hydrogens (tertiary/aromatic N) is 3. The largest absolute Gasteiger partial charge is 0.306 e. The predicted molar refractivity (Wildman–Crippen MR) is 50.2 cm³/mol. The molecule has 1 aromatic rings. The van der Waals surface area contributed by atoms with E-state index < -0.39 is 0 Å². The van der Waals surface area contributed by atoms with Crippen LogP contribution in [-0.4, -0.2) is 41.0 Å². The van der Waals surface area contributed by atoms with Crippen LogP contribution in [0.4, 0.5) is 0 Å². The summed E-state index contributed by atoms with van der Waals surface area (Å²) in [6, 6.07) is 0.631. The summed E-state index contributed by atoms with van der Waals surface area (Å²) >= 11 is 0. The molecule has 0 saturated carbocycles. The molecule has 2 rings (SSSR count). The first kappa shape index (κ1) is 8.59. The van der Waals surface area contributed by atoms with Crippen LogP contribution in [0.2, 0.25) is 0 Å². The van der Waals surface area contributed by atoms with Crippen LogP contribution in [0.1, 0.15) is 5.69 Å². The Kier molecular flexibility index (Phi) is 2.52. The highest BCUT2D eigenvalue weighted by molar-refractivity contribution is 4.95. The van der Waals surface area contributed by atoms with Crippen LogP contribution in [0.3, 0.4) is 0 Å². The van der Waals surface area contributed by atoms with E-state index in [1.807, 2.05) is 0 Å². The number of aromatic nitrogens is 2. The zero-order valence-corrected chi connectivity index (χ0v) is 7.77. The molecule has 0 spiro atoms. The third-order valence-electron chi connectivity index (χ3n) is 2.25. The van der Waals surface area contributed by atoms with Gasteiger partial charge in [-0.2, -0.15) is 0 Å². The maximum atomic E-state index is 4.19. The molecule has 1 fully saturated rings. The number of likely N-dealkylation sites (N-methyl/N-ethyl adjacent to an activating group) is 1. The summed E-state index contributed by atoms with van der Waals surface area (Å²) in [5, 5.41) is 3.42. The first-order valence-electron chi connectivity index (χ1n) is 4.51. The molecule has 1 N–H and O–H groups in total. The molecular formula is C9H14N4. The summed E-state index contributed by atoms with van der Waals surface area (Å²) in [5.74, 6) is 0. The monoisotopic (exact) mass is 178 g/mol. The fourth-order valence-corrected chi connectivity index (χ4v) is 1.50. The number of rotatable bonds is 3. The summed E-state index contributed by atoms with van der Waals surface area (Å²) in [6.45, 7) is 3.10. The average molecular weight is 178 g/mol. The molecule has 0 bridgehead atoms. The fourth-order valence-electron chi connectivity index (χ4n) is 1.50. The predicted octanol–water partition coefficient (Wildman–Crippen LogP) is -0.120. The van der Waals surface area contributed by atoms with E-state index in [1.165, 1.54) is 0 Å². The Balaban J connectivity index is 1.74. The van der Waals surface area contributed by atoms with Gasteiger partial charge in [0.05, 0.1) is 5.69 Å². The molecule has 1 saturated heterocycles. The van der Waals surface area contributed by atoms with Crippen LogP contribution in [0.5, 0.6) is 0 Å². The van der Waals surface area contributed by atoms with E-state index in [2.05, 4.69) is 27.2 Å². The lowest BCUT2D eigenvalue weighted by atomic mass is 10.1. The van der Waals surface area contributed by atoms with Crippen molar-refractivity contribution < 1.29 is 0 Å². The normalized spacial score (nSPS) is 18.5. The van der Waals surface area contributed by atoms with Crippen molar-refractivity contribution in [2.24, 2.45) is 0 Å². The smallest absolute Gasteiger partial charge is 0.0724 e. The van der Waals surface area contributed by atoms with E-state index in [0.717, 1.165) is 25.3 Å². The molecule has 4 nitrogen and oxygen atoms in total. The number of nitrogens with one attached hydrogen (secondary N) is 1. The van der Waals surface area contributed by atoms with Crippen LogP contribution in [0.25, 0.3) is 0 Å². The van der Waals surface area contributed by atoms with Crippen molar-refractivity contribution >= 4 is 0 Å². The van der Waals surface area contributed by atoms with Crippen LogP contribution >= 0.6 is 0 Å². The Labute approximate surface area is 78.0 Å². The van der Waals surface area contributed by atoms with Gasteiger partial charge >= 0.3 is 0 Å². The van der Waals surface area contributed by atoms with Crippen molar-refractivity contribution in [3.8, 4) is 0 Å². The molecule has 0 radical (unpaired) electrons. The molecule has 2 heterocycles. The topological polar surface area (TPSA) is 41.0 Å². The first-order chi connectivity index (χ1) is 6.34. The third-order valence-corrected chi connectivity index (χ3v) is 2.25. The Bertz CT molecular complexity index is 256. The third kappa shape index (κ3) is 2.23. The molecular weight excluding hydrogens is 164 g/mol. The molecule has 4 heteroatoms. The van der Waals surface area contributed by atoms with Crippen molar-refractivity contribution in [3.63, 3.8) is 0 Å². The summed E-state index contributed by atoms with van der Waals surface area (Å²) in [7, 11) is 2.13. The molecule has 1 aromatic heterocycles. The van der Waals surface area contributed by atoms with Crippen LogP contribution in [0, 0.1) is 0 Å². The second-order valence-electron chi connectivity index (χ2n) is 3.50. The second-order valence-corrected chi connectivity index (χ2v) is 3.50. The van der Waals surface area contributed by atoms with Crippen molar-refractivity contribution in [2.45, 2.75) is 12.6 Å². The maximum absolute atomic E-state index is 4.19.